The number of benzene rings is 1. The molecule has 3 heterocycles. The van der Waals surface area contributed by atoms with E-state index in [-0.39, 0.29) is 17.2 Å². The van der Waals surface area contributed by atoms with E-state index in [1.54, 1.807) is 29.2 Å². The van der Waals surface area contributed by atoms with Gasteiger partial charge in [-0.1, -0.05) is 0 Å². The predicted molar refractivity (Wildman–Crippen MR) is 110 cm³/mol. The van der Waals surface area contributed by atoms with Crippen LogP contribution in [0.3, 0.4) is 0 Å². The summed E-state index contributed by atoms with van der Waals surface area (Å²) in [4.78, 5) is 14.8. The second-order valence-electron chi connectivity index (χ2n) is 7.56. The summed E-state index contributed by atoms with van der Waals surface area (Å²) in [5, 5.41) is 0. The first kappa shape index (κ1) is 21.8. The SMILES string of the molecule is COc1ccc(S(=O)(=O)N[C@@H](CC(=O)N2CCC3(CC2)OCCO3)c2ccco2)cc1. The van der Waals surface area contributed by atoms with Gasteiger partial charge in [0.05, 0.1) is 43.9 Å². The first-order valence-electron chi connectivity index (χ1n) is 10.2. The minimum Gasteiger partial charge on any atom is -0.497 e. The van der Waals surface area contributed by atoms with Crippen LogP contribution in [0.2, 0.25) is 0 Å². The maximum absolute atomic E-state index is 13.0. The summed E-state index contributed by atoms with van der Waals surface area (Å²) in [6.07, 6.45) is 2.59. The second kappa shape index (κ2) is 8.99. The molecule has 2 aromatic rings. The van der Waals surface area contributed by atoms with Crippen molar-refractivity contribution in [1.29, 1.82) is 0 Å². The molecule has 2 aliphatic rings. The van der Waals surface area contributed by atoms with E-state index in [1.165, 1.54) is 25.5 Å². The molecule has 2 saturated heterocycles. The average Bonchev–Trinajstić information content (AvgIpc) is 3.46. The zero-order valence-electron chi connectivity index (χ0n) is 17.3. The molecule has 1 atom stereocenters. The maximum atomic E-state index is 13.0. The zero-order chi connectivity index (χ0) is 21.9. The van der Waals surface area contributed by atoms with Crippen molar-refractivity contribution in [2.45, 2.75) is 36.0 Å². The highest BCUT2D eigenvalue weighted by atomic mass is 32.2. The van der Waals surface area contributed by atoms with Gasteiger partial charge in [0.2, 0.25) is 15.9 Å². The van der Waals surface area contributed by atoms with Crippen molar-refractivity contribution in [3.8, 4) is 5.75 Å². The fourth-order valence-electron chi connectivity index (χ4n) is 3.89. The van der Waals surface area contributed by atoms with Crippen LogP contribution in [0.5, 0.6) is 5.75 Å². The number of piperidine rings is 1. The smallest absolute Gasteiger partial charge is 0.241 e. The van der Waals surface area contributed by atoms with Gasteiger partial charge >= 0.3 is 0 Å². The first-order valence-corrected chi connectivity index (χ1v) is 11.6. The molecule has 1 spiro atoms. The Morgan fingerprint density at radius 2 is 1.84 bits per heavy atom. The Hall–Kier alpha value is -2.40. The van der Waals surface area contributed by atoms with E-state index in [2.05, 4.69) is 4.72 Å². The fourth-order valence-corrected chi connectivity index (χ4v) is 5.09. The molecule has 1 aromatic carbocycles. The summed E-state index contributed by atoms with van der Waals surface area (Å²) >= 11 is 0. The normalized spacial score (nSPS) is 19.5. The van der Waals surface area contributed by atoms with Crippen LogP contribution in [0, 0.1) is 0 Å². The lowest BCUT2D eigenvalue weighted by molar-refractivity contribution is -0.187. The van der Waals surface area contributed by atoms with Crippen molar-refractivity contribution in [3.63, 3.8) is 0 Å². The molecule has 4 rings (SSSR count). The van der Waals surface area contributed by atoms with E-state index >= 15 is 0 Å². The Kier molecular flexibility index (Phi) is 6.33. The standard InChI is InChI=1S/C21H26N2O7S/c1-27-16-4-6-17(7-5-16)31(25,26)22-18(19-3-2-12-28-19)15-20(24)23-10-8-21(9-11-23)29-13-14-30-21/h2-7,12,18,22H,8-11,13-15H2,1H3/t18-/m0/s1. The van der Waals surface area contributed by atoms with Crippen LogP contribution in [0.1, 0.15) is 31.1 Å². The van der Waals surface area contributed by atoms with E-state index in [1.807, 2.05) is 0 Å². The molecule has 1 amide bonds. The van der Waals surface area contributed by atoms with Crippen molar-refractivity contribution in [1.82, 2.24) is 9.62 Å². The van der Waals surface area contributed by atoms with Crippen LogP contribution in [-0.2, 0) is 24.3 Å². The van der Waals surface area contributed by atoms with E-state index in [0.717, 1.165) is 0 Å². The highest BCUT2D eigenvalue weighted by molar-refractivity contribution is 7.89. The number of sulfonamides is 1. The average molecular weight is 451 g/mol. The Bertz CT molecular complexity index is 973. The number of nitrogens with zero attached hydrogens (tertiary/aromatic N) is 1. The van der Waals surface area contributed by atoms with Gasteiger partial charge in [0.25, 0.3) is 0 Å². The number of hydrogen-bond donors (Lipinski definition) is 1. The molecule has 1 N–H and O–H groups in total. The van der Waals surface area contributed by atoms with E-state index in [0.29, 0.717) is 50.7 Å². The summed E-state index contributed by atoms with van der Waals surface area (Å²) in [6, 6.07) is 8.52. The Morgan fingerprint density at radius 3 is 2.42 bits per heavy atom. The number of carbonyl (C=O) groups excluding carboxylic acids is 1. The number of likely N-dealkylation sites (tertiary alicyclic amines) is 1. The van der Waals surface area contributed by atoms with Gasteiger partial charge < -0.3 is 23.5 Å². The number of rotatable bonds is 7. The second-order valence-corrected chi connectivity index (χ2v) is 9.27. The quantitative estimate of drug-likeness (QED) is 0.688. The molecule has 168 valence electrons. The number of carbonyl (C=O) groups is 1. The van der Waals surface area contributed by atoms with Gasteiger partial charge in [0, 0.05) is 25.9 Å². The molecule has 31 heavy (non-hydrogen) atoms. The summed E-state index contributed by atoms with van der Waals surface area (Å²) in [7, 11) is -2.37. The summed E-state index contributed by atoms with van der Waals surface area (Å²) < 4.78 is 50.3. The Labute approximate surface area is 181 Å². The van der Waals surface area contributed by atoms with E-state index in [9.17, 15) is 13.2 Å². The van der Waals surface area contributed by atoms with Gasteiger partial charge in [-0.05, 0) is 36.4 Å². The highest BCUT2D eigenvalue weighted by Crippen LogP contribution is 2.32. The van der Waals surface area contributed by atoms with Crippen molar-refractivity contribution in [2.75, 3.05) is 33.4 Å². The molecule has 2 fully saturated rings. The topological polar surface area (TPSA) is 107 Å². The molecule has 2 aliphatic heterocycles. The minimum atomic E-state index is -3.88. The van der Waals surface area contributed by atoms with Crippen molar-refractivity contribution >= 4 is 15.9 Å². The van der Waals surface area contributed by atoms with Crippen molar-refractivity contribution in [2.24, 2.45) is 0 Å². The molecule has 9 nitrogen and oxygen atoms in total. The maximum Gasteiger partial charge on any atom is 0.241 e. The van der Waals surface area contributed by atoms with Crippen molar-refractivity contribution < 1.29 is 31.8 Å². The van der Waals surface area contributed by atoms with Gasteiger partial charge in [0.1, 0.15) is 11.5 Å². The third kappa shape index (κ3) is 4.93. The minimum absolute atomic E-state index is 0.0579. The van der Waals surface area contributed by atoms with Gasteiger partial charge in [0.15, 0.2) is 5.79 Å². The lowest BCUT2D eigenvalue weighted by Crippen LogP contribution is -2.48. The van der Waals surface area contributed by atoms with E-state index < -0.39 is 21.9 Å². The summed E-state index contributed by atoms with van der Waals surface area (Å²) in [5.41, 5.74) is 0. The number of nitrogens with one attached hydrogen (secondary N) is 1. The molecule has 0 bridgehead atoms. The van der Waals surface area contributed by atoms with Crippen LogP contribution in [0.4, 0.5) is 0 Å². The van der Waals surface area contributed by atoms with Gasteiger partial charge in [-0.25, -0.2) is 8.42 Å². The number of furan rings is 1. The van der Waals surface area contributed by atoms with Gasteiger partial charge in [-0.3, -0.25) is 4.79 Å². The van der Waals surface area contributed by atoms with E-state index in [4.69, 9.17) is 18.6 Å². The largest absolute Gasteiger partial charge is 0.497 e. The van der Waals surface area contributed by atoms with Crippen LogP contribution in [0.15, 0.2) is 52.0 Å². The third-order valence-corrected chi connectivity index (χ3v) is 7.11. The monoisotopic (exact) mass is 450 g/mol. The highest BCUT2D eigenvalue weighted by Gasteiger charge is 2.41. The molecule has 0 radical (unpaired) electrons. The molecule has 10 heteroatoms. The zero-order valence-corrected chi connectivity index (χ0v) is 18.1. The first-order chi connectivity index (χ1) is 14.9. The molecular weight excluding hydrogens is 424 g/mol. The number of amides is 1. The number of hydrogen-bond acceptors (Lipinski definition) is 7. The molecule has 0 saturated carbocycles. The molecule has 0 unspecified atom stereocenters. The van der Waals surface area contributed by atoms with Crippen LogP contribution >= 0.6 is 0 Å². The van der Waals surface area contributed by atoms with Gasteiger partial charge in [-0.2, -0.15) is 4.72 Å². The molecular formula is C21H26N2O7S. The lowest BCUT2D eigenvalue weighted by atomic mass is 10.0. The van der Waals surface area contributed by atoms with Gasteiger partial charge in [-0.15, -0.1) is 0 Å². The van der Waals surface area contributed by atoms with Crippen molar-refractivity contribution in [3.05, 3.63) is 48.4 Å². The molecule has 0 aliphatic carbocycles. The van der Waals surface area contributed by atoms with Crippen LogP contribution in [0.25, 0.3) is 0 Å². The Morgan fingerprint density at radius 1 is 1.16 bits per heavy atom. The number of methoxy groups -OCH3 is 1. The molecule has 1 aromatic heterocycles. The lowest BCUT2D eigenvalue weighted by Gasteiger charge is -2.38. The Balaban J connectivity index is 1.45. The fraction of sp³-hybridized carbons (Fsp3) is 0.476. The number of ether oxygens (including phenoxy) is 3. The summed E-state index contributed by atoms with van der Waals surface area (Å²) in [6.45, 7) is 2.13. The summed E-state index contributed by atoms with van der Waals surface area (Å²) in [5.74, 6) is 0.190. The van der Waals surface area contributed by atoms with Crippen LogP contribution in [-0.4, -0.2) is 58.4 Å². The van der Waals surface area contributed by atoms with Crippen LogP contribution < -0.4 is 9.46 Å². The predicted octanol–water partition coefficient (Wildman–Crippen LogP) is 2.06. The third-order valence-electron chi connectivity index (χ3n) is 5.62.